The van der Waals surface area contributed by atoms with Crippen LogP contribution in [0, 0.1) is 0 Å². The average Bonchev–Trinajstić information content (AvgIpc) is 3.69. The first-order chi connectivity index (χ1) is 24.8. The van der Waals surface area contributed by atoms with Gasteiger partial charge in [-0.1, -0.05) is 146 Å². The van der Waals surface area contributed by atoms with Crippen molar-refractivity contribution in [2.45, 2.75) is 0 Å². The van der Waals surface area contributed by atoms with Crippen molar-refractivity contribution < 1.29 is 0 Å². The lowest BCUT2D eigenvalue weighted by Gasteiger charge is -2.11. The maximum atomic E-state index is 2.45. The molecule has 0 aliphatic rings. The van der Waals surface area contributed by atoms with Crippen molar-refractivity contribution in [1.82, 2.24) is 9.13 Å². The summed E-state index contributed by atoms with van der Waals surface area (Å²) in [7, 11) is 0. The topological polar surface area (TPSA) is 9.86 Å². The fourth-order valence-electron chi connectivity index (χ4n) is 7.71. The highest BCUT2D eigenvalue weighted by Gasteiger charge is 2.19. The number of hydrogen-bond donors (Lipinski definition) is 0. The Labute approximate surface area is 290 Å². The SMILES string of the molecule is c1ccc(-c2ccc(-n3c4ccccc4c4cc5c(cc43)c3ccc(-c4ccccc4)cc3n5-c3ccc(-c4ccccc4)cc3)cc2)cc1. The maximum Gasteiger partial charge on any atom is 0.0548 e. The molecule has 0 fully saturated rings. The molecule has 0 unspecified atom stereocenters. The summed E-state index contributed by atoms with van der Waals surface area (Å²) in [5.41, 5.74) is 14.4. The molecule has 0 aliphatic heterocycles. The Morgan fingerprint density at radius 1 is 0.220 bits per heavy atom. The summed E-state index contributed by atoms with van der Waals surface area (Å²) in [6, 6.07) is 70.4. The van der Waals surface area contributed by atoms with Crippen LogP contribution in [0.2, 0.25) is 0 Å². The van der Waals surface area contributed by atoms with Crippen molar-refractivity contribution in [1.29, 1.82) is 0 Å². The standard InChI is InChI=1S/C48H32N2/c1-4-12-33(13-5-1)36-20-25-39(26-21-36)49-45-19-11-10-18-41(45)43-31-48-44(32-47(43)49)42-29-24-38(35-16-8-3-9-17-35)30-46(42)50(48)40-27-22-37(23-28-40)34-14-6-2-7-15-34/h1-32H. The molecule has 50 heavy (non-hydrogen) atoms. The van der Waals surface area contributed by atoms with Crippen LogP contribution in [-0.4, -0.2) is 9.13 Å². The number of rotatable bonds is 5. The van der Waals surface area contributed by atoms with E-state index in [1.165, 1.54) is 77.0 Å². The van der Waals surface area contributed by atoms with Gasteiger partial charge in [-0.15, -0.1) is 0 Å². The molecule has 0 saturated carbocycles. The third-order valence-electron chi connectivity index (χ3n) is 10.1. The van der Waals surface area contributed by atoms with Crippen molar-refractivity contribution in [2.24, 2.45) is 0 Å². The third-order valence-corrected chi connectivity index (χ3v) is 10.1. The largest absolute Gasteiger partial charge is 0.309 e. The van der Waals surface area contributed by atoms with Crippen molar-refractivity contribution in [3.63, 3.8) is 0 Å². The molecule has 10 aromatic rings. The molecule has 10 rings (SSSR count). The van der Waals surface area contributed by atoms with Gasteiger partial charge in [0.05, 0.1) is 22.1 Å². The van der Waals surface area contributed by atoms with Gasteiger partial charge in [-0.25, -0.2) is 0 Å². The minimum atomic E-state index is 1.15. The monoisotopic (exact) mass is 636 g/mol. The Balaban J connectivity index is 1.23. The van der Waals surface area contributed by atoms with Crippen molar-refractivity contribution in [3.05, 3.63) is 194 Å². The third kappa shape index (κ3) is 4.57. The predicted octanol–water partition coefficient (Wildman–Crippen LogP) is 12.9. The van der Waals surface area contributed by atoms with Crippen LogP contribution in [0.25, 0.3) is 88.4 Å². The van der Waals surface area contributed by atoms with Crippen molar-refractivity contribution in [2.75, 3.05) is 0 Å². The Kier molecular flexibility index (Phi) is 6.53. The first-order valence-electron chi connectivity index (χ1n) is 17.2. The van der Waals surface area contributed by atoms with Gasteiger partial charge in [0.2, 0.25) is 0 Å². The number of para-hydroxylation sites is 1. The molecular formula is C48H32N2. The van der Waals surface area contributed by atoms with Crippen LogP contribution in [0.1, 0.15) is 0 Å². The zero-order valence-corrected chi connectivity index (χ0v) is 27.4. The first kappa shape index (κ1) is 28.4. The summed E-state index contributed by atoms with van der Waals surface area (Å²) < 4.78 is 4.88. The van der Waals surface area contributed by atoms with E-state index in [1.807, 2.05) is 0 Å². The minimum absolute atomic E-state index is 1.15. The van der Waals surface area contributed by atoms with Crippen LogP contribution >= 0.6 is 0 Å². The fourth-order valence-corrected chi connectivity index (χ4v) is 7.71. The second-order valence-corrected chi connectivity index (χ2v) is 13.0. The van der Waals surface area contributed by atoms with Gasteiger partial charge in [0.25, 0.3) is 0 Å². The van der Waals surface area contributed by atoms with E-state index in [2.05, 4.69) is 203 Å². The van der Waals surface area contributed by atoms with E-state index in [0.717, 1.165) is 11.4 Å². The molecule has 0 radical (unpaired) electrons. The van der Waals surface area contributed by atoms with Crippen LogP contribution in [0.5, 0.6) is 0 Å². The fraction of sp³-hybridized carbons (Fsp3) is 0. The normalized spacial score (nSPS) is 11.6. The van der Waals surface area contributed by atoms with Crippen molar-refractivity contribution in [3.8, 4) is 44.8 Å². The Hall–Kier alpha value is -6.64. The average molecular weight is 637 g/mol. The maximum absolute atomic E-state index is 2.45. The summed E-state index contributed by atoms with van der Waals surface area (Å²) in [6.45, 7) is 0. The van der Waals surface area contributed by atoms with Gasteiger partial charge in [0.1, 0.15) is 0 Å². The van der Waals surface area contributed by atoms with E-state index >= 15 is 0 Å². The summed E-state index contributed by atoms with van der Waals surface area (Å²) in [5.74, 6) is 0. The smallest absolute Gasteiger partial charge is 0.0548 e. The van der Waals surface area contributed by atoms with Crippen LogP contribution in [-0.2, 0) is 0 Å². The Morgan fingerprint density at radius 3 is 1.10 bits per heavy atom. The van der Waals surface area contributed by atoms with Gasteiger partial charge >= 0.3 is 0 Å². The summed E-state index contributed by atoms with van der Waals surface area (Å²) in [4.78, 5) is 0. The minimum Gasteiger partial charge on any atom is -0.309 e. The number of benzene rings is 8. The molecule has 0 bridgehead atoms. The molecule has 8 aromatic carbocycles. The van der Waals surface area contributed by atoms with E-state index in [1.54, 1.807) is 0 Å². The van der Waals surface area contributed by atoms with E-state index in [-0.39, 0.29) is 0 Å². The lowest BCUT2D eigenvalue weighted by molar-refractivity contribution is 1.17. The quantitative estimate of drug-likeness (QED) is 0.178. The summed E-state index contributed by atoms with van der Waals surface area (Å²) >= 11 is 0. The predicted molar refractivity (Wildman–Crippen MR) is 211 cm³/mol. The number of fused-ring (bicyclic) bond motifs is 6. The van der Waals surface area contributed by atoms with Crippen LogP contribution in [0.4, 0.5) is 0 Å². The molecule has 2 heteroatoms. The number of nitrogens with zero attached hydrogens (tertiary/aromatic N) is 2. The second kappa shape index (κ2) is 11.5. The highest BCUT2D eigenvalue weighted by molar-refractivity contribution is 6.19. The first-order valence-corrected chi connectivity index (χ1v) is 17.2. The zero-order chi connectivity index (χ0) is 33.0. The van der Waals surface area contributed by atoms with Gasteiger partial charge in [0.15, 0.2) is 0 Å². The van der Waals surface area contributed by atoms with Gasteiger partial charge in [-0.05, 0) is 81.9 Å². The number of aromatic nitrogens is 2. The van der Waals surface area contributed by atoms with E-state index in [4.69, 9.17) is 0 Å². The van der Waals surface area contributed by atoms with E-state index in [0.29, 0.717) is 0 Å². The molecule has 2 aromatic heterocycles. The lowest BCUT2D eigenvalue weighted by atomic mass is 10.0. The molecule has 2 nitrogen and oxygen atoms in total. The van der Waals surface area contributed by atoms with Crippen LogP contribution in [0.15, 0.2) is 194 Å². The highest BCUT2D eigenvalue weighted by atomic mass is 15.0. The zero-order valence-electron chi connectivity index (χ0n) is 27.4. The molecule has 0 aliphatic carbocycles. The van der Waals surface area contributed by atoms with Gasteiger partial charge in [-0.2, -0.15) is 0 Å². The lowest BCUT2D eigenvalue weighted by Crippen LogP contribution is -1.95. The van der Waals surface area contributed by atoms with Gasteiger partial charge in [0, 0.05) is 32.9 Å². The molecule has 234 valence electrons. The van der Waals surface area contributed by atoms with E-state index < -0.39 is 0 Å². The molecule has 0 N–H and O–H groups in total. The van der Waals surface area contributed by atoms with Crippen LogP contribution in [0.3, 0.4) is 0 Å². The summed E-state index contributed by atoms with van der Waals surface area (Å²) in [6.07, 6.45) is 0. The van der Waals surface area contributed by atoms with Crippen molar-refractivity contribution >= 4 is 43.6 Å². The van der Waals surface area contributed by atoms with E-state index in [9.17, 15) is 0 Å². The second-order valence-electron chi connectivity index (χ2n) is 13.0. The van der Waals surface area contributed by atoms with Gasteiger partial charge in [-0.3, -0.25) is 0 Å². The molecule has 0 atom stereocenters. The number of hydrogen-bond acceptors (Lipinski definition) is 0. The Bertz CT molecular complexity index is 2810. The molecule has 0 spiro atoms. The molecule has 0 amide bonds. The molecular weight excluding hydrogens is 605 g/mol. The molecule has 2 heterocycles. The van der Waals surface area contributed by atoms with Gasteiger partial charge < -0.3 is 9.13 Å². The highest BCUT2D eigenvalue weighted by Crippen LogP contribution is 2.41. The Morgan fingerprint density at radius 2 is 0.580 bits per heavy atom. The summed E-state index contributed by atoms with van der Waals surface area (Å²) in [5, 5.41) is 4.97. The molecule has 0 saturated heterocycles. The van der Waals surface area contributed by atoms with Crippen LogP contribution < -0.4 is 0 Å².